The summed E-state index contributed by atoms with van der Waals surface area (Å²) in [4.78, 5) is 43.7. The lowest BCUT2D eigenvalue weighted by molar-refractivity contribution is -0.117. The summed E-state index contributed by atoms with van der Waals surface area (Å²) in [5.41, 5.74) is 18.5. The lowest BCUT2D eigenvalue weighted by Gasteiger charge is -2.64. The number of aromatic nitrogens is 4. The number of rotatable bonds is 6. The molecule has 0 spiro atoms. The molecule has 14 heteroatoms. The van der Waals surface area contributed by atoms with E-state index in [1.165, 1.54) is 98.1 Å². The van der Waals surface area contributed by atoms with Crippen LogP contribution in [0.4, 0.5) is 51.3 Å². The zero-order chi connectivity index (χ0) is 55.3. The number of anilines is 9. The van der Waals surface area contributed by atoms with Crippen LogP contribution in [-0.2, 0) is 4.79 Å². The second-order valence-electron chi connectivity index (χ2n) is 22.9. The highest BCUT2D eigenvalue weighted by Gasteiger charge is 2.56. The van der Waals surface area contributed by atoms with Gasteiger partial charge in [-0.25, -0.2) is 4.98 Å². The third-order valence-corrected chi connectivity index (χ3v) is 19.0. The molecule has 3 saturated carbocycles. The van der Waals surface area contributed by atoms with Crippen molar-refractivity contribution in [3.8, 4) is 0 Å². The molecule has 2 aromatic carbocycles. The fourth-order valence-electron chi connectivity index (χ4n) is 15.1. The molecule has 3 fully saturated rings. The van der Waals surface area contributed by atoms with Gasteiger partial charge in [0.05, 0.1) is 87.6 Å². The van der Waals surface area contributed by atoms with E-state index < -0.39 is 0 Å². The molecule has 7 aliphatic rings. The van der Waals surface area contributed by atoms with Crippen molar-refractivity contribution in [1.82, 2.24) is 19.9 Å². The molecule has 1 amide bonds. The second kappa shape index (κ2) is 24.1. The Bertz CT molecular complexity index is 2930. The van der Waals surface area contributed by atoms with Gasteiger partial charge in [-0.2, -0.15) is 0 Å². The summed E-state index contributed by atoms with van der Waals surface area (Å²) in [5.74, 6) is 0.527. The van der Waals surface area contributed by atoms with Crippen molar-refractivity contribution < 1.29 is 4.79 Å². The molecular formula is C65H87N13O. The Labute approximate surface area is 471 Å². The van der Waals surface area contributed by atoms with Gasteiger partial charge >= 0.3 is 0 Å². The first-order chi connectivity index (χ1) is 38.5. The van der Waals surface area contributed by atoms with Crippen molar-refractivity contribution >= 4 is 57.2 Å². The van der Waals surface area contributed by atoms with E-state index in [1.54, 1.807) is 13.1 Å². The molecule has 0 radical (unpaired) electrons. The van der Waals surface area contributed by atoms with Gasteiger partial charge in [0.1, 0.15) is 11.5 Å². The van der Waals surface area contributed by atoms with Crippen molar-refractivity contribution in [3.05, 3.63) is 139 Å². The Balaban J connectivity index is 0.000000120. The predicted octanol–water partition coefficient (Wildman–Crippen LogP) is 13.1. The number of carbonyl (C=O) groups excluding carboxylic acids is 1. The second-order valence-corrected chi connectivity index (χ2v) is 22.9. The van der Waals surface area contributed by atoms with Crippen LogP contribution < -0.4 is 45.8 Å². The van der Waals surface area contributed by atoms with Gasteiger partial charge in [-0.3, -0.25) is 19.7 Å². The average molecular weight is 1070 g/mol. The lowest BCUT2D eigenvalue weighted by Crippen LogP contribution is -2.72. The zero-order valence-corrected chi connectivity index (χ0v) is 48.4. The van der Waals surface area contributed by atoms with Crippen molar-refractivity contribution in [2.24, 2.45) is 0 Å². The van der Waals surface area contributed by atoms with Crippen LogP contribution in [0.1, 0.15) is 149 Å². The van der Waals surface area contributed by atoms with E-state index >= 15 is 0 Å². The number of nitrogens with one attached hydrogen (secondary N) is 2. The molecule has 418 valence electrons. The summed E-state index contributed by atoms with van der Waals surface area (Å²) in [6.07, 6.45) is 28.6. The molecule has 79 heavy (non-hydrogen) atoms. The number of nitrogens with zero attached hydrogens (tertiary/aromatic N) is 10. The Hall–Kier alpha value is -7.09. The van der Waals surface area contributed by atoms with Gasteiger partial charge in [0, 0.05) is 83.1 Å². The van der Waals surface area contributed by atoms with Gasteiger partial charge in [-0.15, -0.1) is 0 Å². The highest BCUT2D eigenvalue weighted by molar-refractivity contribution is 6.01. The van der Waals surface area contributed by atoms with Gasteiger partial charge in [-0.05, 0) is 115 Å². The van der Waals surface area contributed by atoms with Crippen LogP contribution in [0.3, 0.4) is 0 Å². The van der Waals surface area contributed by atoms with Crippen molar-refractivity contribution in [3.63, 3.8) is 0 Å². The van der Waals surface area contributed by atoms with Crippen molar-refractivity contribution in [2.75, 3.05) is 79.0 Å². The van der Waals surface area contributed by atoms with Gasteiger partial charge < -0.3 is 45.8 Å². The van der Waals surface area contributed by atoms with Crippen LogP contribution in [0.5, 0.6) is 0 Å². The maximum Gasteiger partial charge on any atom is 0.224 e. The highest BCUT2D eigenvalue weighted by atomic mass is 16.2. The van der Waals surface area contributed by atoms with E-state index in [0.29, 0.717) is 23.9 Å². The van der Waals surface area contributed by atoms with Crippen LogP contribution in [-0.4, -0.2) is 94.3 Å². The van der Waals surface area contributed by atoms with Gasteiger partial charge in [0.15, 0.2) is 0 Å². The summed E-state index contributed by atoms with van der Waals surface area (Å²) in [7, 11) is 2.15. The number of nitrogen functional groups attached to an aromatic ring is 1. The predicted molar refractivity (Wildman–Crippen MR) is 328 cm³/mol. The Morgan fingerprint density at radius 2 is 1.11 bits per heavy atom. The molecule has 4 N–H and O–H groups in total. The fraction of sp³-hybridized carbons (Fsp3) is 0.492. The molecular weight excluding hydrogens is 979 g/mol. The number of hydrogen-bond acceptors (Lipinski definition) is 13. The number of hydrogen-bond donors (Lipinski definition) is 3. The maximum absolute atomic E-state index is 12.2. The summed E-state index contributed by atoms with van der Waals surface area (Å²) in [6, 6.07) is 32.0. The molecule has 4 aromatic heterocycles. The van der Waals surface area contributed by atoms with Gasteiger partial charge in [0.25, 0.3) is 0 Å². The first-order valence-electron chi connectivity index (χ1n) is 29.8. The molecule has 3 aliphatic carbocycles. The first kappa shape index (κ1) is 55.2. The van der Waals surface area contributed by atoms with E-state index in [2.05, 4.69) is 183 Å². The summed E-state index contributed by atoms with van der Waals surface area (Å²) in [6.45, 7) is 19.7. The van der Waals surface area contributed by atoms with Gasteiger partial charge in [-0.1, -0.05) is 99.2 Å². The number of likely N-dealkylation sites (N-methyl/N-ethyl adjacent to an activating group) is 5. The third kappa shape index (κ3) is 10.4. The summed E-state index contributed by atoms with van der Waals surface area (Å²) in [5, 5.41) is 7.37. The van der Waals surface area contributed by atoms with Crippen LogP contribution >= 0.6 is 0 Å². The summed E-state index contributed by atoms with van der Waals surface area (Å²) < 4.78 is 0. The monoisotopic (exact) mass is 1070 g/mol. The standard InChI is InChI=1S/C20H19N3.C17H27N3.C15H22N4O.C13H19N3/c1-23-18-14-21-13-12-17(18)22-19(15-8-4-2-5-9-15)20(23)16-10-6-3-7-11-16;1-5-19-14-9-12-18-13-15(14)20(6-2)17(4)11-8-7-10-16(17,19)3;1-3-18-11-6-4-5-7-12(11)19(10(2)20)14-13(18)8-9-17-15(14)16;1-2-16-12-6-4-3-5-10(12)15-11-9-14-8-7-13(11)16/h2-14,19-20,22H,1H3;9,12-13H,5-8,10-11H2,1-4H3;8-9,11-12H,3-7H2,1-2H3,(H2,16,17);7-10,12,15H,2-6H2,1H3/t19-,20+;16-,17+;11-,12+;10-,12+/m0101/s1. The van der Waals surface area contributed by atoms with E-state index in [1.807, 2.05) is 48.0 Å². The minimum atomic E-state index is 0.0682. The van der Waals surface area contributed by atoms with E-state index in [9.17, 15) is 4.79 Å². The first-order valence-corrected chi connectivity index (χ1v) is 29.8. The van der Waals surface area contributed by atoms with Crippen molar-refractivity contribution in [1.29, 1.82) is 0 Å². The Kier molecular flexibility index (Phi) is 16.9. The normalized spacial score (nSPS) is 26.1. The van der Waals surface area contributed by atoms with Crippen molar-refractivity contribution in [2.45, 2.75) is 173 Å². The quantitative estimate of drug-likeness (QED) is 0.146. The molecule has 0 unspecified atom stereocenters. The summed E-state index contributed by atoms with van der Waals surface area (Å²) >= 11 is 0. The molecule has 14 nitrogen and oxygen atoms in total. The largest absolute Gasteiger partial charge is 0.382 e. The van der Waals surface area contributed by atoms with E-state index in [0.717, 1.165) is 61.8 Å². The lowest BCUT2D eigenvalue weighted by atomic mass is 9.65. The highest BCUT2D eigenvalue weighted by Crippen LogP contribution is 2.54. The number of pyridine rings is 4. The minimum Gasteiger partial charge on any atom is -0.382 e. The van der Waals surface area contributed by atoms with Crippen LogP contribution in [0.2, 0.25) is 0 Å². The molecule has 6 aromatic rings. The van der Waals surface area contributed by atoms with Crippen LogP contribution in [0.15, 0.2) is 128 Å². The molecule has 13 rings (SSSR count). The molecule has 0 bridgehead atoms. The maximum atomic E-state index is 12.2. The molecule has 4 aliphatic heterocycles. The number of amides is 1. The number of carbonyl (C=O) groups is 1. The van der Waals surface area contributed by atoms with E-state index in [4.69, 9.17) is 5.73 Å². The van der Waals surface area contributed by atoms with Gasteiger partial charge in [0.2, 0.25) is 5.91 Å². The SMILES string of the molecule is CCN1c2ccnc(N)c2N(C(C)=O)[C@@H]2CCCC[C@@H]21.CCN1c2ccncc2N(CC)[C@@]2(C)CCCC[C@@]12C.CCN1c2ccncc2N[C@@H]2CCCC[C@@H]21.CN1c2cnccc2N[C@@H](c2ccccc2)[C@H]1c1ccccc1. The molecule has 8 heterocycles. The third-order valence-electron chi connectivity index (χ3n) is 19.0. The molecule has 8 atom stereocenters. The Morgan fingerprint density at radius 3 is 1.76 bits per heavy atom. The topological polar surface area (TPSA) is 138 Å². The number of fused-ring (bicyclic) bond motifs is 7. The van der Waals surface area contributed by atoms with Crippen LogP contribution in [0, 0.1) is 0 Å². The fourth-order valence-corrected chi connectivity index (χ4v) is 15.1. The average Bonchev–Trinajstić information content (AvgIpc) is 3.68. The number of benzene rings is 2. The van der Waals surface area contributed by atoms with Crippen LogP contribution in [0.25, 0.3) is 0 Å². The van der Waals surface area contributed by atoms with E-state index in [-0.39, 0.29) is 35.1 Å². The zero-order valence-electron chi connectivity index (χ0n) is 48.4. The number of nitrogens with two attached hydrogens (primary N) is 1. The minimum absolute atomic E-state index is 0.0682. The Morgan fingerprint density at radius 1 is 0.570 bits per heavy atom. The molecule has 0 saturated heterocycles. The smallest absolute Gasteiger partial charge is 0.224 e.